The number of aryl methyl sites for hydroxylation is 2. The molecule has 2 aliphatic rings. The number of benzene rings is 2. The van der Waals surface area contributed by atoms with E-state index in [2.05, 4.69) is 50.0 Å². The Balaban J connectivity index is 1.79. The van der Waals surface area contributed by atoms with Gasteiger partial charge in [-0.1, -0.05) is 32.0 Å². The average molecular weight is 476 g/mol. The molecule has 1 fully saturated rings. The number of carbonyl (C=O) groups excluding carboxylic acids is 2. The van der Waals surface area contributed by atoms with Crippen molar-refractivity contribution in [3.63, 3.8) is 0 Å². The molecule has 0 aliphatic carbocycles. The maximum atomic E-state index is 13.6. The maximum absolute atomic E-state index is 13.6. The maximum Gasteiger partial charge on any atom is 0.270 e. The Morgan fingerprint density at radius 3 is 2.53 bits per heavy atom. The second-order valence-corrected chi connectivity index (χ2v) is 10.3. The van der Waals surface area contributed by atoms with Crippen LogP contribution in [0, 0.1) is 6.92 Å². The van der Waals surface area contributed by atoms with Crippen molar-refractivity contribution in [2.75, 3.05) is 16.3 Å². The van der Waals surface area contributed by atoms with Crippen LogP contribution in [0.4, 0.5) is 11.4 Å². The molecule has 2 heterocycles. The van der Waals surface area contributed by atoms with Gasteiger partial charge in [-0.25, -0.2) is 0 Å². The molecule has 0 spiro atoms. The lowest BCUT2D eigenvalue weighted by Gasteiger charge is -2.47. The number of carbonyl (C=O) groups is 2. The van der Waals surface area contributed by atoms with Crippen molar-refractivity contribution in [1.29, 1.82) is 0 Å². The molecule has 178 valence electrons. The molecule has 6 heteroatoms. The smallest absolute Gasteiger partial charge is 0.270 e. The SMILES string of the molecule is CCc1ccccc1N1C(=O)/C(=C/c2cc3c(cc2C)N(CC)C(C)(C)CC3C)C(=O)NC1=S. The van der Waals surface area contributed by atoms with Crippen LogP contribution in [-0.2, 0) is 16.0 Å². The highest BCUT2D eigenvalue weighted by Gasteiger charge is 2.37. The number of hydrogen-bond acceptors (Lipinski definition) is 4. The monoisotopic (exact) mass is 475 g/mol. The summed E-state index contributed by atoms with van der Waals surface area (Å²) in [5, 5.41) is 2.83. The predicted molar refractivity (Wildman–Crippen MR) is 143 cm³/mol. The highest BCUT2D eigenvalue weighted by atomic mass is 32.1. The second kappa shape index (κ2) is 8.99. The number of thiocarbonyl (C=S) groups is 1. The summed E-state index contributed by atoms with van der Waals surface area (Å²) < 4.78 is 0. The number of fused-ring (bicyclic) bond motifs is 1. The first-order valence-corrected chi connectivity index (χ1v) is 12.4. The van der Waals surface area contributed by atoms with Crippen molar-refractivity contribution in [2.24, 2.45) is 0 Å². The number of para-hydroxylation sites is 1. The molecule has 1 atom stereocenters. The van der Waals surface area contributed by atoms with Gasteiger partial charge in [0.25, 0.3) is 11.8 Å². The first kappa shape index (κ1) is 24.1. The Morgan fingerprint density at radius 1 is 1.15 bits per heavy atom. The largest absolute Gasteiger partial charge is 0.366 e. The molecule has 4 rings (SSSR count). The molecule has 5 nitrogen and oxygen atoms in total. The van der Waals surface area contributed by atoms with Crippen LogP contribution in [0.25, 0.3) is 6.08 Å². The van der Waals surface area contributed by atoms with Crippen molar-refractivity contribution >= 4 is 46.6 Å². The number of nitrogens with one attached hydrogen (secondary N) is 1. The van der Waals surface area contributed by atoms with Gasteiger partial charge >= 0.3 is 0 Å². The van der Waals surface area contributed by atoms with E-state index in [0.717, 1.165) is 36.1 Å². The van der Waals surface area contributed by atoms with Crippen LogP contribution < -0.4 is 15.1 Å². The molecule has 0 saturated carbocycles. The van der Waals surface area contributed by atoms with Crippen molar-refractivity contribution < 1.29 is 9.59 Å². The first-order chi connectivity index (χ1) is 16.1. The van der Waals surface area contributed by atoms with Crippen molar-refractivity contribution in [3.8, 4) is 0 Å². The summed E-state index contributed by atoms with van der Waals surface area (Å²) in [6.07, 6.45) is 3.52. The predicted octanol–water partition coefficient (Wildman–Crippen LogP) is 5.50. The fraction of sp³-hybridized carbons (Fsp3) is 0.393. The molecule has 2 aromatic rings. The zero-order chi connectivity index (χ0) is 24.8. The van der Waals surface area contributed by atoms with Crippen LogP contribution in [0.3, 0.4) is 0 Å². The highest BCUT2D eigenvalue weighted by molar-refractivity contribution is 7.80. The van der Waals surface area contributed by atoms with Gasteiger partial charge < -0.3 is 4.90 Å². The molecule has 1 saturated heterocycles. The third-order valence-electron chi connectivity index (χ3n) is 7.10. The van der Waals surface area contributed by atoms with Gasteiger partial charge in [0.05, 0.1) is 5.69 Å². The molecule has 0 aromatic heterocycles. The fourth-order valence-electron chi connectivity index (χ4n) is 5.46. The number of anilines is 2. The lowest BCUT2D eigenvalue weighted by Crippen LogP contribution is -2.54. The van der Waals surface area contributed by atoms with E-state index in [1.165, 1.54) is 16.2 Å². The second-order valence-electron chi connectivity index (χ2n) is 9.87. The topological polar surface area (TPSA) is 52.7 Å². The van der Waals surface area contributed by atoms with E-state index >= 15 is 0 Å². The van der Waals surface area contributed by atoms with E-state index in [1.54, 1.807) is 6.08 Å². The minimum atomic E-state index is -0.457. The van der Waals surface area contributed by atoms with Crippen LogP contribution in [0.2, 0.25) is 0 Å². The number of rotatable bonds is 4. The lowest BCUT2D eigenvalue weighted by atomic mass is 9.79. The van der Waals surface area contributed by atoms with E-state index in [1.807, 2.05) is 38.1 Å². The summed E-state index contributed by atoms with van der Waals surface area (Å²) in [6, 6.07) is 12.0. The number of nitrogens with zero attached hydrogens (tertiary/aromatic N) is 2. The molecule has 1 unspecified atom stereocenters. The summed E-state index contributed by atoms with van der Waals surface area (Å²) in [7, 11) is 0. The van der Waals surface area contributed by atoms with Crippen molar-refractivity contribution in [3.05, 3.63) is 64.2 Å². The molecule has 34 heavy (non-hydrogen) atoms. The normalized spacial score (nSPS) is 21.1. The van der Waals surface area contributed by atoms with E-state index in [9.17, 15) is 9.59 Å². The molecule has 2 aliphatic heterocycles. The summed E-state index contributed by atoms with van der Waals surface area (Å²) in [4.78, 5) is 30.3. The van der Waals surface area contributed by atoms with Gasteiger partial charge in [-0.2, -0.15) is 0 Å². The van der Waals surface area contributed by atoms with Gasteiger partial charge in [0.1, 0.15) is 5.57 Å². The molecule has 0 bridgehead atoms. The van der Waals surface area contributed by atoms with E-state index in [-0.39, 0.29) is 16.2 Å². The molecular weight excluding hydrogens is 442 g/mol. The Labute approximate surface area is 207 Å². The zero-order valence-electron chi connectivity index (χ0n) is 20.9. The standard InChI is InChI=1S/C28H33N3O2S/c1-7-19-11-9-10-12-23(19)31-26(33)22(25(32)29-27(31)34)15-20-14-21-18(4)16-28(5,6)30(8-2)24(21)13-17(20)3/h9-15,18H,7-8,16H2,1-6H3,(H,29,32,34)/b22-15+. The Bertz CT molecular complexity index is 1210. The van der Waals surface area contributed by atoms with Crippen molar-refractivity contribution in [2.45, 2.75) is 65.8 Å². The van der Waals surface area contributed by atoms with Gasteiger partial charge in [-0.3, -0.25) is 19.8 Å². The van der Waals surface area contributed by atoms with Gasteiger partial charge in [0, 0.05) is 17.8 Å². The van der Waals surface area contributed by atoms with Crippen LogP contribution in [0.15, 0.2) is 42.0 Å². The zero-order valence-corrected chi connectivity index (χ0v) is 21.7. The summed E-state index contributed by atoms with van der Waals surface area (Å²) in [5.74, 6) is -0.472. The molecular formula is C28H33N3O2S. The minimum absolute atomic E-state index is 0.0790. The van der Waals surface area contributed by atoms with Crippen LogP contribution in [0.5, 0.6) is 0 Å². The average Bonchev–Trinajstić information content (AvgIpc) is 2.77. The third-order valence-corrected chi connectivity index (χ3v) is 7.39. The van der Waals surface area contributed by atoms with E-state index in [4.69, 9.17) is 12.2 Å². The van der Waals surface area contributed by atoms with Gasteiger partial charge in [0.15, 0.2) is 5.11 Å². The van der Waals surface area contributed by atoms with Crippen LogP contribution in [-0.4, -0.2) is 29.0 Å². The van der Waals surface area contributed by atoms with Gasteiger partial charge in [-0.15, -0.1) is 0 Å². The van der Waals surface area contributed by atoms with Gasteiger partial charge in [0.2, 0.25) is 0 Å². The highest BCUT2D eigenvalue weighted by Crippen LogP contribution is 2.44. The number of hydrogen-bond donors (Lipinski definition) is 1. The molecule has 2 aromatic carbocycles. The van der Waals surface area contributed by atoms with Crippen molar-refractivity contribution in [1.82, 2.24) is 5.32 Å². The summed E-state index contributed by atoms with van der Waals surface area (Å²) in [6.45, 7) is 14.0. The summed E-state index contributed by atoms with van der Waals surface area (Å²) >= 11 is 5.40. The Kier molecular flexibility index (Phi) is 6.38. The molecule has 0 radical (unpaired) electrons. The van der Waals surface area contributed by atoms with Crippen LogP contribution >= 0.6 is 12.2 Å². The first-order valence-electron chi connectivity index (χ1n) is 12.0. The molecule has 1 N–H and O–H groups in total. The van der Waals surface area contributed by atoms with E-state index < -0.39 is 11.8 Å². The quantitative estimate of drug-likeness (QED) is 0.360. The Hall–Kier alpha value is -2.99. The van der Waals surface area contributed by atoms with Crippen LogP contribution in [0.1, 0.15) is 69.2 Å². The summed E-state index contributed by atoms with van der Waals surface area (Å²) in [5.41, 5.74) is 6.29. The Morgan fingerprint density at radius 2 is 1.85 bits per heavy atom. The fourth-order valence-corrected chi connectivity index (χ4v) is 5.74. The third kappa shape index (κ3) is 4.05. The minimum Gasteiger partial charge on any atom is -0.366 e. The number of amides is 2. The lowest BCUT2D eigenvalue weighted by molar-refractivity contribution is -0.122. The van der Waals surface area contributed by atoms with E-state index in [0.29, 0.717) is 11.6 Å². The van der Waals surface area contributed by atoms with Gasteiger partial charge in [-0.05, 0) is 105 Å². The molecule has 2 amide bonds.